The maximum absolute atomic E-state index is 12.4. The summed E-state index contributed by atoms with van der Waals surface area (Å²) in [5.74, 6) is 0.930. The van der Waals surface area contributed by atoms with Crippen LogP contribution in [0.1, 0.15) is 29.3 Å². The summed E-state index contributed by atoms with van der Waals surface area (Å²) in [5.41, 5.74) is 5.99. The van der Waals surface area contributed by atoms with Crippen molar-refractivity contribution in [2.45, 2.75) is 13.0 Å². The third-order valence-corrected chi connectivity index (χ3v) is 3.53. The van der Waals surface area contributed by atoms with Crippen LogP contribution < -0.4 is 10.6 Å². The van der Waals surface area contributed by atoms with E-state index in [9.17, 15) is 4.79 Å². The van der Waals surface area contributed by atoms with E-state index in [-0.39, 0.29) is 11.9 Å². The molecule has 0 aromatic carbocycles. The average Bonchev–Trinajstić information content (AvgIpc) is 3.05. The standard InChI is InChI=1S/C14H18N6O2/c1-10(15)12-18-11(9-22-12)13(21)19-5-7-20(8-6-19)14-16-3-2-4-17-14/h2-4,9-10H,5-8,15H2,1H3. The van der Waals surface area contributed by atoms with E-state index >= 15 is 0 Å². The topological polar surface area (TPSA) is 101 Å². The monoisotopic (exact) mass is 302 g/mol. The zero-order valence-corrected chi connectivity index (χ0v) is 12.3. The highest BCUT2D eigenvalue weighted by Crippen LogP contribution is 2.14. The van der Waals surface area contributed by atoms with Gasteiger partial charge in [-0.1, -0.05) is 0 Å². The molecule has 8 heteroatoms. The number of piperazine rings is 1. The molecule has 1 saturated heterocycles. The number of hydrogen-bond acceptors (Lipinski definition) is 7. The van der Waals surface area contributed by atoms with Crippen LogP contribution in [0.5, 0.6) is 0 Å². The third-order valence-electron chi connectivity index (χ3n) is 3.53. The van der Waals surface area contributed by atoms with Crippen molar-refractivity contribution in [3.8, 4) is 0 Å². The van der Waals surface area contributed by atoms with Gasteiger partial charge < -0.3 is 20.0 Å². The number of rotatable bonds is 3. The summed E-state index contributed by atoms with van der Waals surface area (Å²) >= 11 is 0. The molecule has 2 N–H and O–H groups in total. The molecule has 1 aliphatic heterocycles. The van der Waals surface area contributed by atoms with Gasteiger partial charge in [-0.05, 0) is 13.0 Å². The first kappa shape index (κ1) is 14.5. The molecule has 0 bridgehead atoms. The van der Waals surface area contributed by atoms with Crippen LogP contribution in [0.25, 0.3) is 0 Å². The Morgan fingerprint density at radius 3 is 2.55 bits per heavy atom. The summed E-state index contributed by atoms with van der Waals surface area (Å²) in [7, 11) is 0. The number of carbonyl (C=O) groups excluding carboxylic acids is 1. The summed E-state index contributed by atoms with van der Waals surface area (Å²) in [6.07, 6.45) is 4.79. The SMILES string of the molecule is CC(N)c1nc(C(=O)N2CCN(c3ncccn3)CC2)co1. The second-order valence-corrected chi connectivity index (χ2v) is 5.19. The molecule has 22 heavy (non-hydrogen) atoms. The van der Waals surface area contributed by atoms with Gasteiger partial charge in [-0.15, -0.1) is 0 Å². The third kappa shape index (κ3) is 2.91. The van der Waals surface area contributed by atoms with Crippen molar-refractivity contribution in [2.75, 3.05) is 31.1 Å². The number of oxazole rings is 1. The van der Waals surface area contributed by atoms with Gasteiger partial charge in [0.15, 0.2) is 5.69 Å². The van der Waals surface area contributed by atoms with E-state index in [1.54, 1.807) is 30.3 Å². The largest absolute Gasteiger partial charge is 0.446 e. The van der Waals surface area contributed by atoms with Crippen LogP contribution in [0.4, 0.5) is 5.95 Å². The first-order valence-corrected chi connectivity index (χ1v) is 7.17. The molecule has 1 fully saturated rings. The number of hydrogen-bond donors (Lipinski definition) is 1. The highest BCUT2D eigenvalue weighted by atomic mass is 16.3. The van der Waals surface area contributed by atoms with Gasteiger partial charge in [0.05, 0.1) is 6.04 Å². The molecule has 2 aromatic heterocycles. The van der Waals surface area contributed by atoms with E-state index < -0.39 is 0 Å². The van der Waals surface area contributed by atoms with Crippen molar-refractivity contribution in [3.05, 3.63) is 36.3 Å². The number of nitrogens with two attached hydrogens (primary N) is 1. The Kier molecular flexibility index (Phi) is 4.01. The summed E-state index contributed by atoms with van der Waals surface area (Å²) in [6.45, 7) is 4.33. The lowest BCUT2D eigenvalue weighted by molar-refractivity contribution is 0.0740. The Bertz CT molecular complexity index is 634. The molecule has 3 rings (SSSR count). The Hall–Kier alpha value is -2.48. The molecule has 3 heterocycles. The van der Waals surface area contributed by atoms with Gasteiger partial charge in [0, 0.05) is 38.6 Å². The van der Waals surface area contributed by atoms with Crippen molar-refractivity contribution in [3.63, 3.8) is 0 Å². The second-order valence-electron chi connectivity index (χ2n) is 5.19. The molecule has 0 saturated carbocycles. The molecule has 2 aromatic rings. The normalized spacial score (nSPS) is 16.6. The van der Waals surface area contributed by atoms with Crippen molar-refractivity contribution >= 4 is 11.9 Å². The molecule has 1 unspecified atom stereocenters. The van der Waals surface area contributed by atoms with Gasteiger partial charge in [-0.25, -0.2) is 15.0 Å². The van der Waals surface area contributed by atoms with Gasteiger partial charge in [-0.2, -0.15) is 0 Å². The van der Waals surface area contributed by atoms with Crippen LogP contribution in [0.2, 0.25) is 0 Å². The predicted octanol–water partition coefficient (Wildman–Crippen LogP) is 0.447. The molecule has 116 valence electrons. The second kappa shape index (κ2) is 6.10. The fourth-order valence-corrected chi connectivity index (χ4v) is 2.32. The first-order chi connectivity index (χ1) is 10.6. The van der Waals surface area contributed by atoms with Crippen molar-refractivity contribution < 1.29 is 9.21 Å². The molecule has 1 amide bonds. The van der Waals surface area contributed by atoms with Crippen LogP contribution in [0, 0.1) is 0 Å². The van der Waals surface area contributed by atoms with Crippen LogP contribution >= 0.6 is 0 Å². The number of nitrogens with zero attached hydrogens (tertiary/aromatic N) is 5. The minimum absolute atomic E-state index is 0.135. The first-order valence-electron chi connectivity index (χ1n) is 7.17. The van der Waals surface area contributed by atoms with Gasteiger partial charge >= 0.3 is 0 Å². The Morgan fingerprint density at radius 1 is 1.27 bits per heavy atom. The molecule has 1 atom stereocenters. The van der Waals surface area contributed by atoms with E-state index in [2.05, 4.69) is 19.9 Å². The highest BCUT2D eigenvalue weighted by Gasteiger charge is 2.25. The number of anilines is 1. The molecular formula is C14H18N6O2. The smallest absolute Gasteiger partial charge is 0.275 e. The molecule has 1 aliphatic rings. The number of aromatic nitrogens is 3. The Labute approximate surface area is 128 Å². The zero-order valence-electron chi connectivity index (χ0n) is 12.3. The number of carbonyl (C=O) groups is 1. The zero-order chi connectivity index (χ0) is 15.5. The average molecular weight is 302 g/mol. The van der Waals surface area contributed by atoms with E-state index in [0.717, 1.165) is 0 Å². The van der Waals surface area contributed by atoms with Crippen molar-refractivity contribution in [1.82, 2.24) is 19.9 Å². The predicted molar refractivity (Wildman–Crippen MR) is 79.3 cm³/mol. The number of amides is 1. The van der Waals surface area contributed by atoms with Gasteiger partial charge in [0.2, 0.25) is 11.8 Å². The summed E-state index contributed by atoms with van der Waals surface area (Å²) in [6, 6.07) is 1.46. The fourth-order valence-electron chi connectivity index (χ4n) is 2.32. The minimum atomic E-state index is -0.325. The lowest BCUT2D eigenvalue weighted by Gasteiger charge is -2.34. The van der Waals surface area contributed by atoms with Gasteiger partial charge in [0.25, 0.3) is 5.91 Å². The quantitative estimate of drug-likeness (QED) is 0.878. The van der Waals surface area contributed by atoms with E-state index in [1.165, 1.54) is 6.26 Å². The summed E-state index contributed by atoms with van der Waals surface area (Å²) in [5, 5.41) is 0. The van der Waals surface area contributed by atoms with Crippen molar-refractivity contribution in [2.24, 2.45) is 5.73 Å². The van der Waals surface area contributed by atoms with E-state index in [4.69, 9.17) is 10.2 Å². The molecule has 0 aliphatic carbocycles. The Balaban J connectivity index is 1.62. The van der Waals surface area contributed by atoms with Crippen LogP contribution in [0.15, 0.2) is 29.1 Å². The molecule has 0 spiro atoms. The van der Waals surface area contributed by atoms with Gasteiger partial charge in [-0.3, -0.25) is 4.79 Å². The maximum Gasteiger partial charge on any atom is 0.275 e. The Morgan fingerprint density at radius 2 is 1.95 bits per heavy atom. The molecule has 8 nitrogen and oxygen atoms in total. The summed E-state index contributed by atoms with van der Waals surface area (Å²) in [4.78, 5) is 28.8. The van der Waals surface area contributed by atoms with E-state index in [1.807, 2.05) is 0 Å². The van der Waals surface area contributed by atoms with Crippen LogP contribution in [-0.2, 0) is 0 Å². The fraction of sp³-hybridized carbons (Fsp3) is 0.429. The van der Waals surface area contributed by atoms with Crippen LogP contribution in [0.3, 0.4) is 0 Å². The minimum Gasteiger partial charge on any atom is -0.446 e. The lowest BCUT2D eigenvalue weighted by Crippen LogP contribution is -2.49. The molecular weight excluding hydrogens is 284 g/mol. The van der Waals surface area contributed by atoms with Crippen molar-refractivity contribution in [1.29, 1.82) is 0 Å². The van der Waals surface area contributed by atoms with E-state index in [0.29, 0.717) is 43.7 Å². The highest BCUT2D eigenvalue weighted by molar-refractivity contribution is 5.92. The van der Waals surface area contributed by atoms with Crippen LogP contribution in [-0.4, -0.2) is 51.9 Å². The van der Waals surface area contributed by atoms with Gasteiger partial charge in [0.1, 0.15) is 6.26 Å². The summed E-state index contributed by atoms with van der Waals surface area (Å²) < 4.78 is 5.21. The maximum atomic E-state index is 12.4. The lowest BCUT2D eigenvalue weighted by atomic mass is 10.3. The molecule has 0 radical (unpaired) electrons.